The van der Waals surface area contributed by atoms with E-state index in [0.29, 0.717) is 19.3 Å². The van der Waals surface area contributed by atoms with Crippen molar-refractivity contribution in [3.05, 3.63) is 0 Å². The maximum absolute atomic E-state index is 10.8. The molecule has 0 saturated carbocycles. The van der Waals surface area contributed by atoms with Crippen LogP contribution in [-0.2, 0) is 14.3 Å². The van der Waals surface area contributed by atoms with Gasteiger partial charge in [0.05, 0.1) is 26.2 Å². The Morgan fingerprint density at radius 3 is 2.81 bits per heavy atom. The lowest BCUT2D eigenvalue weighted by molar-refractivity contribution is -0.141. The molecule has 16 heavy (non-hydrogen) atoms. The van der Waals surface area contributed by atoms with Crippen molar-refractivity contribution in [1.82, 2.24) is 4.90 Å². The highest BCUT2D eigenvalue weighted by atomic mass is 16.5. The summed E-state index contributed by atoms with van der Waals surface area (Å²) in [5, 5.41) is 8.87. The number of hydrogen-bond acceptors (Lipinski definition) is 4. The first-order valence-electron chi connectivity index (χ1n) is 5.90. The van der Waals surface area contributed by atoms with Gasteiger partial charge in [0.1, 0.15) is 0 Å². The van der Waals surface area contributed by atoms with Crippen LogP contribution in [0.2, 0.25) is 0 Å². The smallest absolute Gasteiger partial charge is 0.305 e. The Morgan fingerprint density at radius 1 is 1.31 bits per heavy atom. The highest BCUT2D eigenvalue weighted by molar-refractivity contribution is 5.67. The van der Waals surface area contributed by atoms with Crippen LogP contribution in [0.25, 0.3) is 0 Å². The van der Waals surface area contributed by atoms with Crippen molar-refractivity contribution in [3.8, 4) is 0 Å². The highest BCUT2D eigenvalue weighted by Gasteiger charge is 2.31. The molecule has 0 aliphatic carbocycles. The third kappa shape index (κ3) is 2.93. The summed E-state index contributed by atoms with van der Waals surface area (Å²) in [6, 6.07) is 0.389. The Hall–Kier alpha value is -0.650. The van der Waals surface area contributed by atoms with Gasteiger partial charge in [-0.2, -0.15) is 0 Å². The van der Waals surface area contributed by atoms with Crippen LogP contribution in [0, 0.1) is 0 Å². The third-order valence-corrected chi connectivity index (χ3v) is 3.29. The molecule has 2 rings (SSSR count). The molecule has 2 atom stereocenters. The first-order valence-corrected chi connectivity index (χ1v) is 5.90. The van der Waals surface area contributed by atoms with Gasteiger partial charge in [0.15, 0.2) is 0 Å². The lowest BCUT2D eigenvalue weighted by Crippen LogP contribution is -2.53. The van der Waals surface area contributed by atoms with E-state index in [4.69, 9.17) is 14.6 Å². The molecule has 2 aliphatic rings. The Labute approximate surface area is 95.3 Å². The van der Waals surface area contributed by atoms with Crippen molar-refractivity contribution in [2.45, 2.75) is 31.3 Å². The average molecular weight is 229 g/mol. The summed E-state index contributed by atoms with van der Waals surface area (Å²) in [5.74, 6) is -0.753. The molecule has 1 N–H and O–H groups in total. The van der Waals surface area contributed by atoms with Gasteiger partial charge in [-0.25, -0.2) is 0 Å². The quantitative estimate of drug-likeness (QED) is 0.756. The molecule has 2 aliphatic heterocycles. The normalized spacial score (nSPS) is 32.5. The van der Waals surface area contributed by atoms with Crippen molar-refractivity contribution in [3.63, 3.8) is 0 Å². The minimum atomic E-state index is -0.753. The van der Waals surface area contributed by atoms with Gasteiger partial charge in [0.25, 0.3) is 0 Å². The number of rotatable bonds is 3. The molecule has 2 unspecified atom stereocenters. The van der Waals surface area contributed by atoms with E-state index in [1.165, 1.54) is 0 Å². The predicted octanol–water partition coefficient (Wildman–Crippen LogP) is 0.341. The second-order valence-electron chi connectivity index (χ2n) is 4.44. The molecule has 0 aromatic heterocycles. The Balaban J connectivity index is 1.94. The van der Waals surface area contributed by atoms with E-state index in [-0.39, 0.29) is 12.5 Å². The van der Waals surface area contributed by atoms with Crippen molar-refractivity contribution in [2.75, 3.05) is 33.0 Å². The van der Waals surface area contributed by atoms with E-state index in [0.717, 1.165) is 32.6 Å². The van der Waals surface area contributed by atoms with E-state index in [9.17, 15) is 4.79 Å². The van der Waals surface area contributed by atoms with Crippen molar-refractivity contribution in [1.29, 1.82) is 0 Å². The van der Waals surface area contributed by atoms with E-state index in [1.54, 1.807) is 0 Å². The molecule has 2 fully saturated rings. The van der Waals surface area contributed by atoms with Gasteiger partial charge in [-0.1, -0.05) is 0 Å². The molecule has 0 bridgehead atoms. The van der Waals surface area contributed by atoms with Gasteiger partial charge in [-0.3, -0.25) is 9.69 Å². The largest absolute Gasteiger partial charge is 0.481 e. The fraction of sp³-hybridized carbons (Fsp3) is 0.909. The minimum Gasteiger partial charge on any atom is -0.481 e. The van der Waals surface area contributed by atoms with Crippen LogP contribution in [0.1, 0.15) is 19.3 Å². The standard InChI is InChI=1S/C11H19NO4/c13-11(14)6-10-8-16-5-3-12(10)9-2-1-4-15-7-9/h9-10H,1-8H2,(H,13,14). The second kappa shape index (κ2) is 5.61. The maximum Gasteiger partial charge on any atom is 0.305 e. The number of carboxylic acids is 1. The number of ether oxygens (including phenoxy) is 2. The summed E-state index contributed by atoms with van der Waals surface area (Å²) in [4.78, 5) is 13.0. The molecular weight excluding hydrogens is 210 g/mol. The molecule has 0 radical (unpaired) electrons. The van der Waals surface area contributed by atoms with Gasteiger partial charge < -0.3 is 14.6 Å². The monoisotopic (exact) mass is 229 g/mol. The van der Waals surface area contributed by atoms with Gasteiger partial charge >= 0.3 is 5.97 Å². The molecular formula is C11H19NO4. The number of aliphatic carboxylic acids is 1. The summed E-state index contributed by atoms with van der Waals surface area (Å²) in [6.07, 6.45) is 2.34. The Kier molecular flexibility index (Phi) is 4.15. The zero-order valence-corrected chi connectivity index (χ0v) is 9.43. The number of morpholine rings is 1. The van der Waals surface area contributed by atoms with Crippen LogP contribution < -0.4 is 0 Å². The zero-order chi connectivity index (χ0) is 11.4. The number of nitrogens with zero attached hydrogens (tertiary/aromatic N) is 1. The summed E-state index contributed by atoms with van der Waals surface area (Å²) >= 11 is 0. The first-order chi connectivity index (χ1) is 7.77. The summed E-state index contributed by atoms with van der Waals surface area (Å²) in [5.41, 5.74) is 0. The predicted molar refractivity (Wildman–Crippen MR) is 57.4 cm³/mol. The highest BCUT2D eigenvalue weighted by Crippen LogP contribution is 2.20. The maximum atomic E-state index is 10.8. The Bertz CT molecular complexity index is 240. The van der Waals surface area contributed by atoms with Crippen LogP contribution in [-0.4, -0.2) is 61.0 Å². The van der Waals surface area contributed by atoms with E-state index in [1.807, 2.05) is 0 Å². The van der Waals surface area contributed by atoms with Gasteiger partial charge in [0.2, 0.25) is 0 Å². The van der Waals surface area contributed by atoms with Crippen LogP contribution in [0.4, 0.5) is 0 Å². The Morgan fingerprint density at radius 2 is 2.12 bits per heavy atom. The summed E-state index contributed by atoms with van der Waals surface area (Å²) in [7, 11) is 0. The average Bonchev–Trinajstić information content (AvgIpc) is 2.30. The van der Waals surface area contributed by atoms with Crippen molar-refractivity contribution >= 4 is 5.97 Å². The number of hydrogen-bond donors (Lipinski definition) is 1. The third-order valence-electron chi connectivity index (χ3n) is 3.29. The molecule has 5 heteroatoms. The molecule has 2 heterocycles. The van der Waals surface area contributed by atoms with E-state index in [2.05, 4.69) is 4.90 Å². The molecule has 92 valence electrons. The lowest BCUT2D eigenvalue weighted by atomic mass is 10.0. The van der Waals surface area contributed by atoms with E-state index >= 15 is 0 Å². The molecule has 0 amide bonds. The topological polar surface area (TPSA) is 59.0 Å². The van der Waals surface area contributed by atoms with E-state index < -0.39 is 5.97 Å². The molecule has 2 saturated heterocycles. The fourth-order valence-electron chi connectivity index (χ4n) is 2.51. The van der Waals surface area contributed by atoms with Gasteiger partial charge in [-0.05, 0) is 12.8 Å². The molecule has 0 spiro atoms. The second-order valence-corrected chi connectivity index (χ2v) is 4.44. The van der Waals surface area contributed by atoms with Crippen molar-refractivity contribution in [2.24, 2.45) is 0 Å². The lowest BCUT2D eigenvalue weighted by Gasteiger charge is -2.41. The first kappa shape index (κ1) is 11.8. The SMILES string of the molecule is O=C(O)CC1COCCN1C1CCCOC1. The minimum absolute atomic E-state index is 0.0120. The molecule has 5 nitrogen and oxygen atoms in total. The van der Waals surface area contributed by atoms with Gasteiger partial charge in [-0.15, -0.1) is 0 Å². The number of carboxylic acid groups (broad SMARTS) is 1. The number of carbonyl (C=O) groups is 1. The molecule has 0 aromatic rings. The summed E-state index contributed by atoms with van der Waals surface area (Å²) < 4.78 is 10.8. The van der Waals surface area contributed by atoms with Crippen LogP contribution >= 0.6 is 0 Å². The molecule has 0 aromatic carbocycles. The van der Waals surface area contributed by atoms with Crippen molar-refractivity contribution < 1.29 is 19.4 Å². The van der Waals surface area contributed by atoms with Crippen LogP contribution in [0.3, 0.4) is 0 Å². The van der Waals surface area contributed by atoms with Crippen LogP contribution in [0.15, 0.2) is 0 Å². The van der Waals surface area contributed by atoms with Gasteiger partial charge in [0, 0.05) is 25.2 Å². The zero-order valence-electron chi connectivity index (χ0n) is 9.43. The fourth-order valence-corrected chi connectivity index (χ4v) is 2.51. The van der Waals surface area contributed by atoms with Crippen LogP contribution in [0.5, 0.6) is 0 Å². The summed E-state index contributed by atoms with van der Waals surface area (Å²) in [6.45, 7) is 3.63.